The monoisotopic (exact) mass is 465 g/mol. The van der Waals surface area contributed by atoms with Gasteiger partial charge in [0.05, 0.1) is 5.57 Å². The fourth-order valence-electron chi connectivity index (χ4n) is 4.08. The van der Waals surface area contributed by atoms with Crippen LogP contribution in [0, 0.1) is 12.3 Å². The summed E-state index contributed by atoms with van der Waals surface area (Å²) in [6, 6.07) is 23.5. The second kappa shape index (κ2) is 10.7. The summed E-state index contributed by atoms with van der Waals surface area (Å²) in [6.07, 6.45) is 6.82. The molecule has 35 heavy (non-hydrogen) atoms. The number of allylic oxidation sites excluding steroid dienone is 2. The molecule has 0 bridgehead atoms. The van der Waals surface area contributed by atoms with Gasteiger partial charge in [-0.2, -0.15) is 0 Å². The predicted octanol–water partition coefficient (Wildman–Crippen LogP) is 5.76. The van der Waals surface area contributed by atoms with Gasteiger partial charge in [0, 0.05) is 23.6 Å². The predicted molar refractivity (Wildman–Crippen MR) is 140 cm³/mol. The van der Waals surface area contributed by atoms with Crippen LogP contribution in [0.4, 0.5) is 17.1 Å². The van der Waals surface area contributed by atoms with Gasteiger partial charge in [0.15, 0.2) is 5.71 Å². The fraction of sp³-hybridized carbons (Fsp3) is 0.138. The minimum absolute atomic E-state index is 0.221. The summed E-state index contributed by atoms with van der Waals surface area (Å²) in [6.45, 7) is 3.04. The molecule has 0 saturated heterocycles. The molecule has 3 aromatic carbocycles. The van der Waals surface area contributed by atoms with E-state index in [-0.39, 0.29) is 5.57 Å². The van der Waals surface area contributed by atoms with Crippen molar-refractivity contribution in [3.8, 4) is 0 Å². The van der Waals surface area contributed by atoms with Crippen molar-refractivity contribution >= 4 is 40.7 Å². The Labute approximate surface area is 204 Å². The lowest BCUT2D eigenvalue weighted by molar-refractivity contribution is -0.129. The van der Waals surface area contributed by atoms with Gasteiger partial charge in [-0.1, -0.05) is 54.1 Å². The van der Waals surface area contributed by atoms with Crippen LogP contribution >= 0.6 is 0 Å². The molecule has 4 rings (SSSR count). The molecule has 3 N–H and O–H groups in total. The number of carbonyl (C=O) groups is 2. The fourth-order valence-corrected chi connectivity index (χ4v) is 4.08. The van der Waals surface area contributed by atoms with Crippen molar-refractivity contribution in [3.05, 3.63) is 107 Å². The molecule has 0 atom stereocenters. The zero-order valence-corrected chi connectivity index (χ0v) is 19.5. The third-order valence-corrected chi connectivity index (χ3v) is 5.88. The van der Waals surface area contributed by atoms with Gasteiger partial charge in [0.1, 0.15) is 0 Å². The second-order valence-electron chi connectivity index (χ2n) is 8.42. The highest BCUT2D eigenvalue weighted by Crippen LogP contribution is 2.34. The summed E-state index contributed by atoms with van der Waals surface area (Å²) < 4.78 is 0. The molecule has 1 amide bonds. The molecule has 1 aliphatic heterocycles. The van der Waals surface area contributed by atoms with Crippen LogP contribution in [0.1, 0.15) is 23.1 Å². The molecule has 0 spiro atoms. The van der Waals surface area contributed by atoms with Crippen molar-refractivity contribution in [1.29, 1.82) is 5.41 Å². The number of carboxylic acids is 1. The summed E-state index contributed by atoms with van der Waals surface area (Å²) >= 11 is 0. The molecule has 6 nitrogen and oxygen atoms in total. The molecule has 1 heterocycles. The van der Waals surface area contributed by atoms with Crippen LogP contribution in [0.15, 0.2) is 90.5 Å². The summed E-state index contributed by atoms with van der Waals surface area (Å²) in [5.74, 6) is -2.11. The van der Waals surface area contributed by atoms with Crippen LogP contribution in [-0.4, -0.2) is 29.2 Å². The van der Waals surface area contributed by atoms with Crippen molar-refractivity contribution in [2.24, 2.45) is 0 Å². The Morgan fingerprint density at radius 1 is 1.03 bits per heavy atom. The van der Waals surface area contributed by atoms with Crippen molar-refractivity contribution in [2.45, 2.75) is 19.8 Å². The highest BCUT2D eigenvalue weighted by Gasteiger charge is 2.20. The Kier molecular flexibility index (Phi) is 7.21. The molecule has 3 aromatic rings. The van der Waals surface area contributed by atoms with Gasteiger partial charge in [-0.05, 0) is 73.4 Å². The molecule has 0 aromatic heterocycles. The topological polar surface area (TPSA) is 93.5 Å². The molecule has 0 saturated carbocycles. The first-order valence-electron chi connectivity index (χ1n) is 11.5. The quantitative estimate of drug-likeness (QED) is 0.235. The average Bonchev–Trinajstić information content (AvgIpc) is 2.86. The maximum Gasteiger partial charge on any atom is 0.354 e. The lowest BCUT2D eigenvalue weighted by Gasteiger charge is -2.31. The number of anilines is 3. The molecule has 0 unspecified atom stereocenters. The van der Waals surface area contributed by atoms with E-state index >= 15 is 0 Å². The minimum Gasteiger partial charge on any atom is -0.477 e. The second-order valence-corrected chi connectivity index (χ2v) is 8.42. The lowest BCUT2D eigenvalue weighted by Crippen LogP contribution is -2.25. The Morgan fingerprint density at radius 2 is 1.77 bits per heavy atom. The van der Waals surface area contributed by atoms with Gasteiger partial charge >= 0.3 is 5.97 Å². The summed E-state index contributed by atoms with van der Waals surface area (Å²) in [4.78, 5) is 26.4. The number of rotatable bonds is 7. The van der Waals surface area contributed by atoms with Crippen molar-refractivity contribution in [3.63, 3.8) is 0 Å². The SMILES string of the molecule is Cc1ccc(N2CCCc3cc(/C=C/C=C(/C(=N)C(=O)O)C(=O)Nc4ccccc4)ccc32)cc1. The van der Waals surface area contributed by atoms with Gasteiger partial charge < -0.3 is 15.3 Å². The van der Waals surface area contributed by atoms with Crippen LogP contribution in [0.3, 0.4) is 0 Å². The molecule has 0 radical (unpaired) electrons. The van der Waals surface area contributed by atoms with Crippen LogP contribution in [-0.2, 0) is 16.0 Å². The van der Waals surface area contributed by atoms with E-state index in [9.17, 15) is 14.7 Å². The number of carboxylic acid groups (broad SMARTS) is 1. The van der Waals surface area contributed by atoms with Crippen molar-refractivity contribution in [1.82, 2.24) is 0 Å². The first-order chi connectivity index (χ1) is 16.9. The average molecular weight is 466 g/mol. The van der Waals surface area contributed by atoms with E-state index in [1.165, 1.54) is 28.6 Å². The Bertz CT molecular complexity index is 1310. The van der Waals surface area contributed by atoms with Gasteiger partial charge in [-0.25, -0.2) is 4.79 Å². The zero-order chi connectivity index (χ0) is 24.8. The summed E-state index contributed by atoms with van der Waals surface area (Å²) in [5.41, 5.74) is 5.31. The summed E-state index contributed by atoms with van der Waals surface area (Å²) in [5, 5.41) is 19.8. The number of aliphatic carboxylic acids is 1. The van der Waals surface area contributed by atoms with Gasteiger partial charge in [-0.3, -0.25) is 10.2 Å². The molecule has 0 aliphatic carbocycles. The Hall–Kier alpha value is -4.45. The van der Waals surface area contributed by atoms with Gasteiger partial charge in [0.25, 0.3) is 5.91 Å². The van der Waals surface area contributed by atoms with E-state index in [0.717, 1.165) is 24.9 Å². The smallest absolute Gasteiger partial charge is 0.354 e. The first-order valence-corrected chi connectivity index (χ1v) is 11.5. The number of aryl methyl sites for hydroxylation is 2. The molecular weight excluding hydrogens is 438 g/mol. The highest BCUT2D eigenvalue weighted by atomic mass is 16.4. The largest absolute Gasteiger partial charge is 0.477 e. The minimum atomic E-state index is -1.46. The van der Waals surface area contributed by atoms with Crippen LogP contribution < -0.4 is 10.2 Å². The number of amides is 1. The molecular formula is C29H27N3O3. The molecule has 1 aliphatic rings. The van der Waals surface area contributed by atoms with Crippen molar-refractivity contribution < 1.29 is 14.7 Å². The number of hydrogen-bond donors (Lipinski definition) is 3. The molecule has 0 fully saturated rings. The van der Waals surface area contributed by atoms with E-state index in [4.69, 9.17) is 5.41 Å². The third-order valence-electron chi connectivity index (χ3n) is 5.88. The molecule has 6 heteroatoms. The van der Waals surface area contributed by atoms with Gasteiger partial charge in [0.2, 0.25) is 0 Å². The van der Waals surface area contributed by atoms with E-state index < -0.39 is 17.6 Å². The van der Waals surface area contributed by atoms with E-state index in [0.29, 0.717) is 5.69 Å². The van der Waals surface area contributed by atoms with Crippen molar-refractivity contribution in [2.75, 3.05) is 16.8 Å². The van der Waals surface area contributed by atoms with Crippen LogP contribution in [0.2, 0.25) is 0 Å². The summed E-state index contributed by atoms with van der Waals surface area (Å²) in [7, 11) is 0. The lowest BCUT2D eigenvalue weighted by atomic mass is 9.98. The number of carbonyl (C=O) groups excluding carboxylic acids is 1. The van der Waals surface area contributed by atoms with E-state index in [1.54, 1.807) is 30.3 Å². The molecule has 176 valence electrons. The number of benzene rings is 3. The number of nitrogens with one attached hydrogen (secondary N) is 2. The van der Waals surface area contributed by atoms with E-state index in [2.05, 4.69) is 53.5 Å². The highest BCUT2D eigenvalue weighted by molar-refractivity contribution is 6.48. The standard InChI is InChI=1S/C29H27N3O3/c1-20-12-15-24(16-13-20)32-18-6-8-22-19-21(14-17-26(22)32)7-5-11-25(27(30)29(34)35)28(33)31-23-9-3-2-4-10-23/h2-5,7,9-17,19,30H,6,8,18H2,1H3,(H,31,33)(H,34,35)/b7-5+,25-11-,30-27?. The Balaban J connectivity index is 1.56. The Morgan fingerprint density at radius 3 is 2.49 bits per heavy atom. The number of fused-ring (bicyclic) bond motifs is 1. The van der Waals surface area contributed by atoms with E-state index in [1.807, 2.05) is 18.2 Å². The maximum absolute atomic E-state index is 12.7. The van der Waals surface area contributed by atoms with Crippen LogP contribution in [0.25, 0.3) is 6.08 Å². The zero-order valence-electron chi connectivity index (χ0n) is 19.5. The first kappa shape index (κ1) is 23.7. The normalized spacial score (nSPS) is 13.4. The number of para-hydroxylation sites is 1. The number of nitrogens with zero attached hydrogens (tertiary/aromatic N) is 1. The number of hydrogen-bond acceptors (Lipinski definition) is 4. The van der Waals surface area contributed by atoms with Gasteiger partial charge in [-0.15, -0.1) is 0 Å². The third kappa shape index (κ3) is 5.73. The maximum atomic E-state index is 12.7. The van der Waals surface area contributed by atoms with Crippen LogP contribution in [0.5, 0.6) is 0 Å².